The van der Waals surface area contributed by atoms with Crippen molar-refractivity contribution >= 4 is 137 Å². The minimum atomic E-state index is 0.0914. The molecule has 0 aliphatic carbocycles. The Balaban J connectivity index is 0. The van der Waals surface area contributed by atoms with Crippen LogP contribution < -0.4 is 26.6 Å². The molecule has 13 nitrogen and oxygen atoms in total. The molecule has 68 heavy (non-hydrogen) atoms. The summed E-state index contributed by atoms with van der Waals surface area (Å²) in [6.45, 7) is 22.7. The normalized spacial score (nSPS) is 11.1. The van der Waals surface area contributed by atoms with E-state index in [0.29, 0.717) is 64.2 Å². The fourth-order valence-electron chi connectivity index (χ4n) is 5.20. The zero-order chi connectivity index (χ0) is 50.6. The van der Waals surface area contributed by atoms with Crippen molar-refractivity contribution in [3.8, 4) is 0 Å². The van der Waals surface area contributed by atoms with E-state index in [9.17, 15) is 24.0 Å². The first-order valence-corrected chi connectivity index (χ1v) is 37.2. The Morgan fingerprint density at radius 3 is 0.882 bits per heavy atom. The number of carbonyl (C=O) groups excluding carboxylic acids is 5. The highest BCUT2D eigenvalue weighted by molar-refractivity contribution is 8.77. The molecule has 0 aromatic carbocycles. The predicted octanol–water partition coefficient (Wildman–Crippen LogP) is 9.02. The second-order valence-electron chi connectivity index (χ2n) is 15.4. The number of hydrogen-bond acceptors (Lipinski definition) is 18. The van der Waals surface area contributed by atoms with Crippen molar-refractivity contribution in [2.75, 3.05) is 150 Å². The molecule has 0 saturated heterocycles. The molecule has 0 unspecified atom stereocenters. The summed E-state index contributed by atoms with van der Waals surface area (Å²) in [5.74, 6) is 10.0. The third-order valence-corrected chi connectivity index (χ3v) is 21.8. The summed E-state index contributed by atoms with van der Waals surface area (Å²) >= 11 is 0. The molecule has 5 N–H and O–H groups in total. The van der Waals surface area contributed by atoms with Gasteiger partial charge in [-0.1, -0.05) is 149 Å². The average Bonchev–Trinajstić information content (AvgIpc) is 3.31. The molecular formula is C45H92N8O5S10. The second kappa shape index (κ2) is 57.0. The number of hydrogen-bond donors (Lipinski definition) is 5. The largest absolute Gasteiger partial charge is 0.355 e. The van der Waals surface area contributed by atoms with Crippen molar-refractivity contribution in [3.05, 3.63) is 0 Å². The summed E-state index contributed by atoms with van der Waals surface area (Å²) in [5.41, 5.74) is 0. The van der Waals surface area contributed by atoms with Gasteiger partial charge in [-0.25, -0.2) is 0 Å². The van der Waals surface area contributed by atoms with Crippen molar-refractivity contribution in [1.82, 2.24) is 41.3 Å². The summed E-state index contributed by atoms with van der Waals surface area (Å²) in [7, 11) is 19.8. The number of carbonyl (C=O) groups is 5. The molecule has 5 amide bonds. The van der Waals surface area contributed by atoms with E-state index < -0.39 is 0 Å². The maximum Gasteiger partial charge on any atom is 0.230 e. The molecule has 0 aliphatic rings. The highest BCUT2D eigenvalue weighted by Gasteiger charge is 2.12. The average molecular weight is 1150 g/mol. The lowest BCUT2D eigenvalue weighted by Gasteiger charge is -2.28. The van der Waals surface area contributed by atoms with Crippen LogP contribution in [0, 0.1) is 0 Å². The van der Waals surface area contributed by atoms with Gasteiger partial charge in [0.15, 0.2) is 0 Å². The van der Waals surface area contributed by atoms with Crippen molar-refractivity contribution in [2.45, 2.75) is 106 Å². The van der Waals surface area contributed by atoms with Crippen molar-refractivity contribution in [3.63, 3.8) is 0 Å². The van der Waals surface area contributed by atoms with Crippen molar-refractivity contribution in [1.29, 1.82) is 0 Å². The third-order valence-electron chi connectivity index (χ3n) is 8.85. The van der Waals surface area contributed by atoms with E-state index in [2.05, 4.69) is 82.8 Å². The van der Waals surface area contributed by atoms with Crippen molar-refractivity contribution in [2.24, 2.45) is 0 Å². The third kappa shape index (κ3) is 54.5. The summed E-state index contributed by atoms with van der Waals surface area (Å²) in [6.07, 6.45) is 9.04. The highest BCUT2D eigenvalue weighted by atomic mass is 33.1. The fourth-order valence-corrected chi connectivity index (χ4v) is 15.7. The molecule has 0 aromatic rings. The van der Waals surface area contributed by atoms with Gasteiger partial charge in [0.2, 0.25) is 29.5 Å². The van der Waals surface area contributed by atoms with Gasteiger partial charge in [-0.05, 0) is 52.1 Å². The summed E-state index contributed by atoms with van der Waals surface area (Å²) in [5, 5.41) is 15.1. The molecule has 0 atom stereocenters. The molecule has 402 valence electrons. The lowest BCUT2D eigenvalue weighted by Crippen LogP contribution is -2.44. The van der Waals surface area contributed by atoms with Crippen LogP contribution in [0.4, 0.5) is 0 Å². The summed E-state index contributed by atoms with van der Waals surface area (Å²) < 4.78 is 0. The Morgan fingerprint density at radius 2 is 0.574 bits per heavy atom. The predicted molar refractivity (Wildman–Crippen MR) is 320 cm³/mol. The van der Waals surface area contributed by atoms with E-state index >= 15 is 0 Å². The van der Waals surface area contributed by atoms with E-state index in [-0.39, 0.29) is 29.5 Å². The van der Waals surface area contributed by atoms with Crippen LogP contribution in [0.3, 0.4) is 0 Å². The maximum absolute atomic E-state index is 12.3. The number of nitrogens with zero attached hydrogens (tertiary/aromatic N) is 3. The lowest BCUT2D eigenvalue weighted by molar-refractivity contribution is -0.121. The zero-order valence-electron chi connectivity index (χ0n) is 42.8. The van der Waals surface area contributed by atoms with E-state index in [4.69, 9.17) is 0 Å². The van der Waals surface area contributed by atoms with Gasteiger partial charge >= 0.3 is 0 Å². The van der Waals surface area contributed by atoms with Crippen LogP contribution in [0.2, 0.25) is 0 Å². The van der Waals surface area contributed by atoms with Gasteiger partial charge in [-0.15, -0.1) is 0 Å². The number of amides is 5. The monoisotopic (exact) mass is 1140 g/mol. The summed E-state index contributed by atoms with van der Waals surface area (Å²) in [4.78, 5) is 67.0. The Hall–Kier alpha value is 0.730. The van der Waals surface area contributed by atoms with Gasteiger partial charge in [-0.2, -0.15) is 0 Å². The molecule has 0 bridgehead atoms. The minimum Gasteiger partial charge on any atom is -0.355 e. The molecule has 0 radical (unpaired) electrons. The molecule has 0 fully saturated rings. The fraction of sp³-hybridized carbons (Fsp3) is 0.889. The SMILES string of the molecule is CCCSSCCC(=O)NCCN(C)CCNC(=O)CSSCCC.CCCSSCCC(=O)NCCN(CCC)CCN(CCNC(=O)CCSSCCC)CCNC(=O)CCSSCCC. The maximum atomic E-state index is 12.3. The Labute approximate surface area is 454 Å². The standard InChI is InChI=1S/C29H59N5O3S6.C16H33N3O2S4/c1-5-15-33(16-12-30-27(35)9-24-41-38-21-6-2)19-20-34(17-13-31-28(36)10-25-42-39-22-7-3)18-14-32-29(37)11-26-43-40-23-8-4;1-4-11-22-24-13-6-15(20)17-7-9-19(3)10-8-18-16(21)14-25-23-12-5-2/h5-26H2,1-4H3,(H,30,35)(H,31,36)(H,32,37);4-14H2,1-3H3,(H,17,20)(H,18,21). The molecule has 0 saturated carbocycles. The van der Waals surface area contributed by atoms with Gasteiger partial charge < -0.3 is 36.4 Å². The van der Waals surface area contributed by atoms with E-state index in [1.54, 1.807) is 64.8 Å². The summed E-state index contributed by atoms with van der Waals surface area (Å²) in [6, 6.07) is 0. The first-order chi connectivity index (χ1) is 33.1. The molecule has 0 aliphatic heterocycles. The van der Waals surface area contributed by atoms with E-state index in [1.165, 1.54) is 6.42 Å². The number of rotatable bonds is 49. The number of likely N-dealkylation sites (N-methyl/N-ethyl adjacent to an activating group) is 1. The molecule has 0 aromatic heterocycles. The van der Waals surface area contributed by atoms with Gasteiger partial charge in [0.1, 0.15) is 0 Å². The van der Waals surface area contributed by atoms with E-state index in [0.717, 1.165) is 136 Å². The van der Waals surface area contributed by atoms with Crippen LogP contribution in [0.1, 0.15) is 106 Å². The van der Waals surface area contributed by atoms with Crippen LogP contribution in [-0.2, 0) is 24.0 Å². The van der Waals surface area contributed by atoms with Crippen LogP contribution in [0.5, 0.6) is 0 Å². The lowest BCUT2D eigenvalue weighted by atomic mass is 10.3. The first kappa shape index (κ1) is 70.8. The van der Waals surface area contributed by atoms with Crippen LogP contribution >= 0.6 is 108 Å². The van der Waals surface area contributed by atoms with Crippen LogP contribution in [0.25, 0.3) is 0 Å². The second-order valence-corrected chi connectivity index (χ2v) is 28.8. The topological polar surface area (TPSA) is 155 Å². The molecule has 0 rings (SSSR count). The van der Waals surface area contributed by atoms with Gasteiger partial charge in [0.25, 0.3) is 0 Å². The van der Waals surface area contributed by atoms with Crippen LogP contribution in [-0.4, -0.2) is 194 Å². The first-order valence-electron chi connectivity index (χ1n) is 24.7. The molecular weight excluding hydrogens is 1050 g/mol. The zero-order valence-corrected chi connectivity index (χ0v) is 51.0. The van der Waals surface area contributed by atoms with Gasteiger partial charge in [0, 0.05) is 156 Å². The van der Waals surface area contributed by atoms with Crippen LogP contribution in [0.15, 0.2) is 0 Å². The smallest absolute Gasteiger partial charge is 0.230 e. The van der Waals surface area contributed by atoms with Gasteiger partial charge in [0.05, 0.1) is 5.75 Å². The molecule has 23 heteroatoms. The minimum absolute atomic E-state index is 0.0914. The Kier molecular flexibility index (Phi) is 59.4. The Morgan fingerprint density at radius 1 is 0.309 bits per heavy atom. The Bertz CT molecular complexity index is 1170. The van der Waals surface area contributed by atoms with Crippen molar-refractivity contribution < 1.29 is 24.0 Å². The number of nitrogens with one attached hydrogen (secondary N) is 5. The van der Waals surface area contributed by atoms with E-state index in [1.807, 2.05) is 50.2 Å². The molecule has 0 heterocycles. The highest BCUT2D eigenvalue weighted by Crippen LogP contribution is 2.24. The quantitative estimate of drug-likeness (QED) is 0.0290. The molecule has 0 spiro atoms. The van der Waals surface area contributed by atoms with Gasteiger partial charge in [-0.3, -0.25) is 28.9 Å².